The molecule has 10 nitrogen and oxygen atoms in total. The number of aryl methyl sites for hydroxylation is 2. The topological polar surface area (TPSA) is 121 Å². The number of hydrogen-bond donors (Lipinski definition) is 4. The van der Waals surface area contributed by atoms with Gasteiger partial charge >= 0.3 is 0 Å². The normalized spacial score (nSPS) is 20.7. The van der Waals surface area contributed by atoms with E-state index in [0.29, 0.717) is 29.7 Å². The minimum absolute atomic E-state index is 0.265. The number of fused-ring (bicyclic) bond motifs is 3. The SMILES string of the molecule is CC1=NC(C2(c3cnn(C)c3)NC(c3nc(-c4ccc(F)cc4)n[nH]3)Cc3c2[nH]c2cc(C)ccc32)=CNO1. The number of benzene rings is 2. The highest BCUT2D eigenvalue weighted by atomic mass is 19.1. The van der Waals surface area contributed by atoms with Gasteiger partial charge in [-0.2, -0.15) is 10.2 Å². The van der Waals surface area contributed by atoms with E-state index < -0.39 is 5.54 Å². The molecule has 2 atom stereocenters. The number of aromatic nitrogens is 6. The number of aliphatic imine (C=N–C) groups is 1. The first kappa shape index (κ1) is 23.4. The van der Waals surface area contributed by atoms with Gasteiger partial charge in [0.25, 0.3) is 0 Å². The summed E-state index contributed by atoms with van der Waals surface area (Å²) in [5.74, 6) is 1.35. The first-order valence-electron chi connectivity index (χ1n) is 12.7. The van der Waals surface area contributed by atoms with Crippen molar-refractivity contribution in [1.82, 2.24) is 40.7 Å². The van der Waals surface area contributed by atoms with E-state index in [2.05, 4.69) is 56.2 Å². The van der Waals surface area contributed by atoms with Crippen LogP contribution in [0.4, 0.5) is 4.39 Å². The van der Waals surface area contributed by atoms with E-state index in [4.69, 9.17) is 14.8 Å². The summed E-state index contributed by atoms with van der Waals surface area (Å²) in [6, 6.07) is 12.3. The molecule has 39 heavy (non-hydrogen) atoms. The molecule has 2 aromatic carbocycles. The lowest BCUT2D eigenvalue weighted by molar-refractivity contribution is 0.211. The van der Waals surface area contributed by atoms with Gasteiger partial charge in [0.1, 0.15) is 17.2 Å². The van der Waals surface area contributed by atoms with Crippen molar-refractivity contribution in [2.24, 2.45) is 12.0 Å². The van der Waals surface area contributed by atoms with Crippen LogP contribution in [0.25, 0.3) is 22.3 Å². The maximum absolute atomic E-state index is 13.5. The molecular weight excluding hydrogens is 497 g/mol. The largest absolute Gasteiger partial charge is 0.367 e. The summed E-state index contributed by atoms with van der Waals surface area (Å²) in [6.45, 7) is 3.89. The lowest BCUT2D eigenvalue weighted by Gasteiger charge is -2.42. The molecule has 5 aromatic rings. The quantitative estimate of drug-likeness (QED) is 0.282. The van der Waals surface area contributed by atoms with Crippen LogP contribution < -0.4 is 10.8 Å². The molecule has 0 radical (unpaired) electrons. The Labute approximate surface area is 223 Å². The van der Waals surface area contributed by atoms with Gasteiger partial charge in [-0.05, 0) is 54.8 Å². The summed E-state index contributed by atoms with van der Waals surface area (Å²) in [5, 5.41) is 17.1. The Morgan fingerprint density at radius 1 is 1.13 bits per heavy atom. The van der Waals surface area contributed by atoms with Gasteiger partial charge < -0.3 is 9.82 Å². The van der Waals surface area contributed by atoms with Gasteiger partial charge in [0, 0.05) is 42.2 Å². The van der Waals surface area contributed by atoms with Crippen LogP contribution in [0.1, 0.15) is 41.2 Å². The molecule has 2 aliphatic heterocycles. The molecule has 7 rings (SSSR count). The summed E-state index contributed by atoms with van der Waals surface area (Å²) >= 11 is 0. The van der Waals surface area contributed by atoms with E-state index >= 15 is 0 Å². The number of nitrogens with one attached hydrogen (secondary N) is 4. The van der Waals surface area contributed by atoms with E-state index in [1.54, 1.807) is 29.9 Å². The van der Waals surface area contributed by atoms with E-state index in [1.165, 1.54) is 12.1 Å². The Hall–Kier alpha value is -4.77. The summed E-state index contributed by atoms with van der Waals surface area (Å²) in [7, 11) is 1.89. The molecule has 3 aromatic heterocycles. The summed E-state index contributed by atoms with van der Waals surface area (Å²) in [5.41, 5.74) is 8.68. The molecule has 0 bridgehead atoms. The number of aromatic amines is 2. The Morgan fingerprint density at radius 3 is 2.74 bits per heavy atom. The highest BCUT2D eigenvalue weighted by molar-refractivity contribution is 5.87. The molecule has 5 heterocycles. The van der Waals surface area contributed by atoms with Gasteiger partial charge in [0.2, 0.25) is 5.90 Å². The van der Waals surface area contributed by atoms with Gasteiger partial charge in [-0.15, -0.1) is 0 Å². The fourth-order valence-corrected chi connectivity index (χ4v) is 5.59. The van der Waals surface area contributed by atoms with E-state index in [-0.39, 0.29) is 11.9 Å². The zero-order valence-corrected chi connectivity index (χ0v) is 21.6. The van der Waals surface area contributed by atoms with Crippen molar-refractivity contribution in [3.63, 3.8) is 0 Å². The minimum atomic E-state index is -0.916. The smallest absolute Gasteiger partial charge is 0.218 e. The summed E-state index contributed by atoms with van der Waals surface area (Å²) < 4.78 is 15.3. The van der Waals surface area contributed by atoms with Crippen molar-refractivity contribution in [2.45, 2.75) is 31.8 Å². The molecule has 2 unspecified atom stereocenters. The molecule has 196 valence electrons. The first-order valence-corrected chi connectivity index (χ1v) is 12.7. The Kier molecular flexibility index (Phi) is 5.17. The van der Waals surface area contributed by atoms with Crippen LogP contribution in [0.3, 0.4) is 0 Å². The third-order valence-electron chi connectivity index (χ3n) is 7.37. The van der Waals surface area contributed by atoms with E-state index in [9.17, 15) is 4.39 Å². The lowest BCUT2D eigenvalue weighted by atomic mass is 9.77. The number of hydroxylamine groups is 1. The third-order valence-corrected chi connectivity index (χ3v) is 7.37. The van der Waals surface area contributed by atoms with Gasteiger partial charge in [-0.1, -0.05) is 12.1 Å². The van der Waals surface area contributed by atoms with Crippen LogP contribution in [-0.2, 0) is 23.8 Å². The van der Waals surface area contributed by atoms with Gasteiger partial charge in [0.15, 0.2) is 5.82 Å². The Bertz CT molecular complexity index is 1780. The molecule has 0 fully saturated rings. The van der Waals surface area contributed by atoms with Gasteiger partial charge in [0.05, 0.1) is 29.8 Å². The number of hydrogen-bond acceptors (Lipinski definition) is 7. The highest BCUT2D eigenvalue weighted by Crippen LogP contribution is 2.47. The highest BCUT2D eigenvalue weighted by Gasteiger charge is 2.49. The van der Waals surface area contributed by atoms with Crippen molar-refractivity contribution < 1.29 is 9.23 Å². The number of halogens is 1. The monoisotopic (exact) mass is 523 g/mol. The molecule has 0 spiro atoms. The van der Waals surface area contributed by atoms with Crippen LogP contribution in [0.5, 0.6) is 0 Å². The second-order valence-electron chi connectivity index (χ2n) is 10.0. The fourth-order valence-electron chi connectivity index (χ4n) is 5.59. The zero-order chi connectivity index (χ0) is 26.7. The van der Waals surface area contributed by atoms with Crippen LogP contribution in [-0.4, -0.2) is 35.8 Å². The lowest BCUT2D eigenvalue weighted by Crippen LogP contribution is -2.52. The van der Waals surface area contributed by atoms with Crippen molar-refractivity contribution in [1.29, 1.82) is 0 Å². The predicted octanol–water partition coefficient (Wildman–Crippen LogP) is 4.06. The Balaban J connectivity index is 1.45. The molecular formula is C28H26FN9O. The molecule has 0 saturated carbocycles. The molecule has 0 aliphatic carbocycles. The van der Waals surface area contributed by atoms with Crippen LogP contribution in [0, 0.1) is 12.7 Å². The summed E-state index contributed by atoms with van der Waals surface area (Å²) in [6.07, 6.45) is 6.25. The number of rotatable bonds is 4. The zero-order valence-electron chi connectivity index (χ0n) is 21.6. The summed E-state index contributed by atoms with van der Waals surface area (Å²) in [4.78, 5) is 18.8. The molecule has 2 aliphatic rings. The molecule has 0 amide bonds. The maximum atomic E-state index is 13.5. The average Bonchev–Trinajstić information content (AvgIpc) is 3.67. The number of nitrogens with zero attached hydrogens (tertiary/aromatic N) is 5. The van der Waals surface area contributed by atoms with Crippen LogP contribution >= 0.6 is 0 Å². The van der Waals surface area contributed by atoms with E-state index in [1.807, 2.05) is 19.4 Å². The Morgan fingerprint density at radius 2 is 1.97 bits per heavy atom. The molecule has 0 saturated heterocycles. The number of H-pyrrole nitrogens is 2. The average molecular weight is 524 g/mol. The molecule has 4 N–H and O–H groups in total. The minimum Gasteiger partial charge on any atom is -0.367 e. The van der Waals surface area contributed by atoms with Crippen LogP contribution in [0.2, 0.25) is 0 Å². The van der Waals surface area contributed by atoms with Crippen LogP contribution in [0.15, 0.2) is 71.7 Å². The van der Waals surface area contributed by atoms with Crippen molar-refractivity contribution in [3.05, 3.63) is 101 Å². The predicted molar refractivity (Wildman–Crippen MR) is 144 cm³/mol. The van der Waals surface area contributed by atoms with Crippen molar-refractivity contribution in [2.75, 3.05) is 0 Å². The second-order valence-corrected chi connectivity index (χ2v) is 10.0. The second kappa shape index (κ2) is 8.63. The third kappa shape index (κ3) is 3.73. The van der Waals surface area contributed by atoms with Crippen molar-refractivity contribution >= 4 is 16.8 Å². The standard InChI is InChI=1S/C28H26FN9O/c1-15-4-9-20-21-11-23(27-34-26(36-37-27)17-5-7-19(29)8-6-17)35-28(18-12-30-38(3)14-18,25(21)33-22(20)10-15)24-13-31-39-16(2)32-24/h4-10,12-14,23,31,33,35H,11H2,1-3H3,(H,34,36,37). The molecule has 11 heteroatoms. The van der Waals surface area contributed by atoms with Gasteiger partial charge in [-0.3, -0.25) is 15.1 Å². The first-order chi connectivity index (χ1) is 18.9. The van der Waals surface area contributed by atoms with Gasteiger partial charge in [-0.25, -0.2) is 19.8 Å². The maximum Gasteiger partial charge on any atom is 0.218 e. The van der Waals surface area contributed by atoms with Crippen molar-refractivity contribution in [3.8, 4) is 11.4 Å². The fraction of sp³-hybridized carbons (Fsp3) is 0.214. The van der Waals surface area contributed by atoms with E-state index in [0.717, 1.165) is 38.9 Å².